The molecule has 0 aromatic carbocycles. The number of halogens is 1. The zero-order valence-corrected chi connectivity index (χ0v) is 19.5. The van der Waals surface area contributed by atoms with E-state index in [0.29, 0.717) is 30.0 Å². The summed E-state index contributed by atoms with van der Waals surface area (Å²) in [6.07, 6.45) is 5.64. The van der Waals surface area contributed by atoms with Gasteiger partial charge in [0.05, 0.1) is 18.1 Å². The van der Waals surface area contributed by atoms with Crippen molar-refractivity contribution in [1.82, 2.24) is 25.3 Å². The van der Waals surface area contributed by atoms with Gasteiger partial charge in [0.2, 0.25) is 5.91 Å². The molecule has 31 heavy (non-hydrogen) atoms. The van der Waals surface area contributed by atoms with Crippen molar-refractivity contribution in [3.63, 3.8) is 0 Å². The number of nitrogens with zero attached hydrogens (tertiary/aromatic N) is 4. The number of aromatic nitrogens is 4. The minimum absolute atomic E-state index is 0.0541. The molecular weight excluding hydrogens is 416 g/mol. The van der Waals surface area contributed by atoms with E-state index in [1.54, 1.807) is 18.5 Å². The van der Waals surface area contributed by atoms with Crippen molar-refractivity contribution in [1.29, 1.82) is 0 Å². The van der Waals surface area contributed by atoms with Gasteiger partial charge in [0.25, 0.3) is 5.56 Å². The first kappa shape index (κ1) is 23.2. The van der Waals surface area contributed by atoms with Crippen LogP contribution in [0.5, 0.6) is 0 Å². The molecule has 0 radical (unpaired) electrons. The molecule has 0 bridgehead atoms. The van der Waals surface area contributed by atoms with E-state index in [4.69, 9.17) is 11.6 Å². The molecule has 1 aliphatic carbocycles. The van der Waals surface area contributed by atoms with Gasteiger partial charge in [-0.1, -0.05) is 46.2 Å². The molecule has 0 spiro atoms. The summed E-state index contributed by atoms with van der Waals surface area (Å²) in [5, 5.41) is 17.8. The van der Waals surface area contributed by atoms with Crippen LogP contribution < -0.4 is 16.2 Å². The first-order chi connectivity index (χ1) is 14.6. The number of amides is 1. The topological polar surface area (TPSA) is 102 Å². The number of rotatable bonds is 6. The minimum Gasteiger partial charge on any atom is -0.379 e. The smallest absolute Gasteiger partial charge is 0.288 e. The zero-order valence-electron chi connectivity index (χ0n) is 18.7. The highest BCUT2D eigenvalue weighted by Gasteiger charge is 2.43. The standard InChI is InChI=1S/C22H31ClN6O2/c1-13-8-17(14(2)15(3)22(13,4)5)28-18-11-27-29(21(31)20(18)23)12-19(30)24-9-16-6-7-25-26-10-16/h6-7,10-11,13-15,17,28H,8-9,12H2,1-5H3,(H,24,30)/t13-,14+,15+,17+/m0/s1. The van der Waals surface area contributed by atoms with Gasteiger partial charge in [-0.25, -0.2) is 4.68 Å². The van der Waals surface area contributed by atoms with E-state index in [9.17, 15) is 9.59 Å². The van der Waals surface area contributed by atoms with Crippen LogP contribution in [-0.2, 0) is 17.9 Å². The van der Waals surface area contributed by atoms with E-state index in [2.05, 4.69) is 60.5 Å². The quantitative estimate of drug-likeness (QED) is 0.706. The van der Waals surface area contributed by atoms with Gasteiger partial charge < -0.3 is 10.6 Å². The molecular formula is C22H31ClN6O2. The first-order valence-corrected chi connectivity index (χ1v) is 11.0. The van der Waals surface area contributed by atoms with Crippen LogP contribution in [0.2, 0.25) is 5.02 Å². The van der Waals surface area contributed by atoms with Crippen molar-refractivity contribution >= 4 is 23.2 Å². The highest BCUT2D eigenvalue weighted by molar-refractivity contribution is 6.32. The molecule has 0 aliphatic heterocycles. The number of anilines is 1. The molecule has 3 rings (SSSR count). The second kappa shape index (κ2) is 9.34. The van der Waals surface area contributed by atoms with E-state index in [1.807, 2.05) is 0 Å². The van der Waals surface area contributed by atoms with Crippen LogP contribution in [0.3, 0.4) is 0 Å². The van der Waals surface area contributed by atoms with E-state index in [-0.39, 0.29) is 28.9 Å². The summed E-state index contributed by atoms with van der Waals surface area (Å²) >= 11 is 6.37. The van der Waals surface area contributed by atoms with Crippen LogP contribution in [-0.4, -0.2) is 31.9 Å². The van der Waals surface area contributed by atoms with Crippen LogP contribution in [0.1, 0.15) is 46.6 Å². The van der Waals surface area contributed by atoms with E-state index in [1.165, 1.54) is 6.20 Å². The van der Waals surface area contributed by atoms with Crippen molar-refractivity contribution in [2.24, 2.45) is 23.2 Å². The van der Waals surface area contributed by atoms with Gasteiger partial charge in [-0.05, 0) is 41.2 Å². The fourth-order valence-corrected chi connectivity index (χ4v) is 4.46. The van der Waals surface area contributed by atoms with Crippen molar-refractivity contribution in [2.45, 2.75) is 60.2 Å². The molecule has 1 saturated carbocycles. The average Bonchev–Trinajstić information content (AvgIpc) is 2.75. The zero-order chi connectivity index (χ0) is 22.8. The van der Waals surface area contributed by atoms with Crippen LogP contribution in [0, 0.1) is 23.2 Å². The van der Waals surface area contributed by atoms with Crippen molar-refractivity contribution < 1.29 is 4.79 Å². The molecule has 9 heteroatoms. The lowest BCUT2D eigenvalue weighted by molar-refractivity contribution is -0.122. The monoisotopic (exact) mass is 446 g/mol. The Morgan fingerprint density at radius 1 is 1.26 bits per heavy atom. The maximum atomic E-state index is 12.7. The maximum absolute atomic E-state index is 12.7. The normalized spacial score (nSPS) is 25.1. The van der Waals surface area contributed by atoms with Gasteiger partial charge in [-0.15, -0.1) is 0 Å². The van der Waals surface area contributed by atoms with Crippen molar-refractivity contribution in [3.05, 3.63) is 45.6 Å². The van der Waals surface area contributed by atoms with Gasteiger partial charge in [0.1, 0.15) is 11.6 Å². The van der Waals surface area contributed by atoms with E-state index in [0.717, 1.165) is 16.7 Å². The van der Waals surface area contributed by atoms with Gasteiger partial charge in [0.15, 0.2) is 0 Å². The molecule has 1 fully saturated rings. The first-order valence-electron chi connectivity index (χ1n) is 10.7. The Morgan fingerprint density at radius 2 is 2.00 bits per heavy atom. The predicted octanol–water partition coefficient (Wildman–Crippen LogP) is 3.12. The second-order valence-electron chi connectivity index (χ2n) is 9.22. The molecule has 1 amide bonds. The minimum atomic E-state index is -0.489. The van der Waals surface area contributed by atoms with Gasteiger partial charge in [-0.2, -0.15) is 15.3 Å². The largest absolute Gasteiger partial charge is 0.379 e. The van der Waals surface area contributed by atoms with Crippen LogP contribution in [0.15, 0.2) is 29.5 Å². The average molecular weight is 447 g/mol. The molecule has 0 unspecified atom stereocenters. The van der Waals surface area contributed by atoms with Gasteiger partial charge in [-0.3, -0.25) is 9.59 Å². The summed E-state index contributed by atoms with van der Waals surface area (Å²) in [5.74, 6) is 1.12. The lowest BCUT2D eigenvalue weighted by atomic mass is 9.58. The number of carbonyl (C=O) groups is 1. The van der Waals surface area contributed by atoms with Crippen LogP contribution in [0.25, 0.3) is 0 Å². The number of hydrogen-bond donors (Lipinski definition) is 2. The third kappa shape index (κ3) is 5.06. The Kier molecular flexibility index (Phi) is 6.99. The Morgan fingerprint density at radius 3 is 2.68 bits per heavy atom. The summed E-state index contributed by atoms with van der Waals surface area (Å²) in [5.41, 5.74) is 1.09. The third-order valence-corrected chi connectivity index (χ3v) is 7.59. The molecule has 1 aliphatic rings. The highest BCUT2D eigenvalue weighted by Crippen LogP contribution is 2.48. The molecule has 2 N–H and O–H groups in total. The van der Waals surface area contributed by atoms with Gasteiger partial charge >= 0.3 is 0 Å². The summed E-state index contributed by atoms with van der Waals surface area (Å²) in [6, 6.07) is 1.95. The molecule has 2 aromatic heterocycles. The summed E-state index contributed by atoms with van der Waals surface area (Å²) in [7, 11) is 0. The molecule has 8 nitrogen and oxygen atoms in total. The van der Waals surface area contributed by atoms with Crippen molar-refractivity contribution in [3.8, 4) is 0 Å². The van der Waals surface area contributed by atoms with Crippen molar-refractivity contribution in [2.75, 3.05) is 5.32 Å². The second-order valence-corrected chi connectivity index (χ2v) is 9.60. The third-order valence-electron chi connectivity index (χ3n) is 7.23. The fourth-order valence-electron chi connectivity index (χ4n) is 4.26. The molecule has 2 heterocycles. The summed E-state index contributed by atoms with van der Waals surface area (Å²) in [6.45, 7) is 11.5. The molecule has 168 valence electrons. The predicted molar refractivity (Wildman–Crippen MR) is 121 cm³/mol. The fraction of sp³-hybridized carbons (Fsp3) is 0.591. The lowest BCUT2D eigenvalue weighted by Gasteiger charge is -2.50. The number of hydrogen-bond acceptors (Lipinski definition) is 6. The van der Waals surface area contributed by atoms with E-state index < -0.39 is 5.56 Å². The maximum Gasteiger partial charge on any atom is 0.288 e. The number of carbonyl (C=O) groups excluding carboxylic acids is 1. The SMILES string of the molecule is C[C@@H]1[C@@H](C)C(C)(C)[C@@H](C)C[C@H]1Nc1cnn(CC(=O)NCc2ccnnc2)c(=O)c1Cl. The van der Waals surface area contributed by atoms with Gasteiger partial charge in [0, 0.05) is 18.8 Å². The molecule has 0 saturated heterocycles. The Balaban J connectivity index is 1.66. The lowest BCUT2D eigenvalue weighted by Crippen LogP contribution is -2.48. The highest BCUT2D eigenvalue weighted by atomic mass is 35.5. The van der Waals surface area contributed by atoms with E-state index >= 15 is 0 Å². The summed E-state index contributed by atoms with van der Waals surface area (Å²) in [4.78, 5) is 24.9. The van der Waals surface area contributed by atoms with Crippen LogP contribution >= 0.6 is 11.6 Å². The molecule has 4 atom stereocenters. The number of nitrogens with one attached hydrogen (secondary N) is 2. The Labute approximate surface area is 187 Å². The molecule has 2 aromatic rings. The Hall–Kier alpha value is -2.48. The summed E-state index contributed by atoms with van der Waals surface area (Å²) < 4.78 is 1.08. The Bertz CT molecular complexity index is 978. The van der Waals surface area contributed by atoms with Crippen LogP contribution in [0.4, 0.5) is 5.69 Å².